The van der Waals surface area contributed by atoms with Gasteiger partial charge in [-0.15, -0.1) is 0 Å². The van der Waals surface area contributed by atoms with Crippen molar-refractivity contribution in [2.45, 2.75) is 32.2 Å². The predicted molar refractivity (Wildman–Crippen MR) is 102 cm³/mol. The number of ether oxygens (including phenoxy) is 1. The Labute approximate surface area is 156 Å². The van der Waals surface area contributed by atoms with Crippen LogP contribution in [0.25, 0.3) is 6.08 Å². The first-order valence-electron chi connectivity index (χ1n) is 8.44. The molecule has 5 nitrogen and oxygen atoms in total. The Hall–Kier alpha value is -1.50. The van der Waals surface area contributed by atoms with Gasteiger partial charge in [-0.25, -0.2) is 0 Å². The Balaban J connectivity index is 1.89. The van der Waals surface area contributed by atoms with Gasteiger partial charge >= 0.3 is 0 Å². The number of carbonyl (C=O) groups excluding carboxylic acids is 1. The maximum Gasteiger partial charge on any atom is 0.267 e. The van der Waals surface area contributed by atoms with Crippen molar-refractivity contribution in [3.05, 3.63) is 33.7 Å². The molecule has 0 spiro atoms. The Morgan fingerprint density at radius 3 is 2.88 bits per heavy atom. The second-order valence-electron chi connectivity index (χ2n) is 6.00. The lowest BCUT2D eigenvalue weighted by molar-refractivity contribution is -0.125. The normalized spacial score (nSPS) is 22.3. The lowest BCUT2D eigenvalue weighted by Gasteiger charge is -2.30. The Morgan fingerprint density at radius 2 is 2.20 bits per heavy atom. The SMILES string of the molecule is CCCN=C1S/C(=C\c2ccc(O)c(Cl)c2)C(=O)N1C1CCOCC1. The maximum absolute atomic E-state index is 13.0. The molecule has 0 bridgehead atoms. The molecule has 2 fully saturated rings. The number of benzene rings is 1. The van der Waals surface area contributed by atoms with Crippen LogP contribution in [0.4, 0.5) is 0 Å². The highest BCUT2D eigenvalue weighted by Gasteiger charge is 2.38. The van der Waals surface area contributed by atoms with Gasteiger partial charge in [0, 0.05) is 25.8 Å². The summed E-state index contributed by atoms with van der Waals surface area (Å²) in [5.41, 5.74) is 0.780. The zero-order chi connectivity index (χ0) is 17.8. The summed E-state index contributed by atoms with van der Waals surface area (Å²) in [4.78, 5) is 20.0. The number of phenols is 1. The third-order valence-electron chi connectivity index (χ3n) is 4.13. The molecule has 134 valence electrons. The van der Waals surface area contributed by atoms with Gasteiger partial charge in [0.15, 0.2) is 5.17 Å². The van der Waals surface area contributed by atoms with Crippen molar-refractivity contribution in [2.75, 3.05) is 19.8 Å². The van der Waals surface area contributed by atoms with Gasteiger partial charge in [-0.2, -0.15) is 0 Å². The minimum atomic E-state index is -0.0176. The quantitative estimate of drug-likeness (QED) is 0.804. The van der Waals surface area contributed by atoms with Gasteiger partial charge < -0.3 is 9.84 Å². The molecule has 0 atom stereocenters. The molecular formula is C18H21ClN2O3S. The van der Waals surface area contributed by atoms with Crippen molar-refractivity contribution < 1.29 is 14.6 Å². The summed E-state index contributed by atoms with van der Waals surface area (Å²) in [5.74, 6) is 0.0131. The van der Waals surface area contributed by atoms with Gasteiger partial charge in [0.2, 0.25) is 0 Å². The molecule has 1 N–H and O–H groups in total. The monoisotopic (exact) mass is 380 g/mol. The van der Waals surface area contributed by atoms with E-state index in [-0.39, 0.29) is 22.7 Å². The largest absolute Gasteiger partial charge is 0.506 e. The van der Waals surface area contributed by atoms with Crippen LogP contribution >= 0.6 is 23.4 Å². The average Bonchev–Trinajstić information content (AvgIpc) is 2.92. The van der Waals surface area contributed by atoms with Crippen molar-refractivity contribution in [1.29, 1.82) is 0 Å². The van der Waals surface area contributed by atoms with Gasteiger partial charge in [0.05, 0.1) is 9.93 Å². The van der Waals surface area contributed by atoms with Crippen molar-refractivity contribution in [2.24, 2.45) is 4.99 Å². The number of halogens is 1. The van der Waals surface area contributed by atoms with E-state index in [1.54, 1.807) is 18.2 Å². The molecule has 3 rings (SSSR count). The summed E-state index contributed by atoms with van der Waals surface area (Å²) in [6.45, 7) is 4.12. The highest BCUT2D eigenvalue weighted by Crippen LogP contribution is 2.36. The lowest BCUT2D eigenvalue weighted by atomic mass is 10.1. The number of hydrogen-bond donors (Lipinski definition) is 1. The molecule has 0 aliphatic carbocycles. The molecule has 2 heterocycles. The van der Waals surface area contributed by atoms with E-state index < -0.39 is 0 Å². The number of nitrogens with zero attached hydrogens (tertiary/aromatic N) is 2. The van der Waals surface area contributed by atoms with E-state index in [2.05, 4.69) is 11.9 Å². The highest BCUT2D eigenvalue weighted by molar-refractivity contribution is 8.18. The topological polar surface area (TPSA) is 62.1 Å². The average molecular weight is 381 g/mol. The second-order valence-corrected chi connectivity index (χ2v) is 7.42. The lowest BCUT2D eigenvalue weighted by Crippen LogP contribution is -2.42. The third-order valence-corrected chi connectivity index (χ3v) is 5.46. The molecule has 0 radical (unpaired) electrons. The standard InChI is InChI=1S/C18H21ClN2O3S/c1-2-7-20-18-21(13-5-8-24-9-6-13)17(23)16(25-18)11-12-3-4-15(22)14(19)10-12/h3-4,10-11,13,22H,2,5-9H2,1H3/b16-11-,20-18?. The molecule has 1 aromatic rings. The summed E-state index contributed by atoms with van der Waals surface area (Å²) in [6, 6.07) is 5.06. The summed E-state index contributed by atoms with van der Waals surface area (Å²) in [7, 11) is 0. The molecule has 2 aliphatic heterocycles. The zero-order valence-electron chi connectivity index (χ0n) is 14.1. The molecule has 0 saturated carbocycles. The molecule has 25 heavy (non-hydrogen) atoms. The predicted octanol–water partition coefficient (Wildman–Crippen LogP) is 3.91. The van der Waals surface area contributed by atoms with Gasteiger partial charge in [-0.1, -0.05) is 24.6 Å². The number of aromatic hydroxyl groups is 1. The van der Waals surface area contributed by atoms with Crippen LogP contribution in [-0.4, -0.2) is 46.9 Å². The van der Waals surface area contributed by atoms with E-state index >= 15 is 0 Å². The highest BCUT2D eigenvalue weighted by atomic mass is 35.5. The fraction of sp³-hybridized carbons (Fsp3) is 0.444. The van der Waals surface area contributed by atoms with E-state index in [0.29, 0.717) is 24.7 Å². The van der Waals surface area contributed by atoms with Gasteiger partial charge in [-0.3, -0.25) is 14.7 Å². The van der Waals surface area contributed by atoms with Crippen LogP contribution in [0.5, 0.6) is 5.75 Å². The van der Waals surface area contributed by atoms with Crippen LogP contribution in [0.1, 0.15) is 31.7 Å². The van der Waals surface area contributed by atoms with E-state index in [1.165, 1.54) is 17.8 Å². The van der Waals surface area contributed by atoms with Crippen molar-refractivity contribution in [3.8, 4) is 5.75 Å². The van der Waals surface area contributed by atoms with Gasteiger partial charge in [-0.05, 0) is 54.8 Å². The minimum absolute atomic E-state index is 0.0176. The molecule has 2 saturated heterocycles. The fourth-order valence-corrected chi connectivity index (χ4v) is 4.09. The number of carbonyl (C=O) groups is 1. The number of aliphatic imine (C=N–C) groups is 1. The van der Waals surface area contributed by atoms with Crippen LogP contribution < -0.4 is 0 Å². The number of amides is 1. The van der Waals surface area contributed by atoms with E-state index in [0.717, 1.165) is 30.0 Å². The Kier molecular flexibility index (Phi) is 6.04. The fourth-order valence-electron chi connectivity index (χ4n) is 2.83. The smallest absolute Gasteiger partial charge is 0.267 e. The third kappa shape index (κ3) is 4.19. The molecular weight excluding hydrogens is 360 g/mol. The summed E-state index contributed by atoms with van der Waals surface area (Å²) >= 11 is 7.37. The van der Waals surface area contributed by atoms with Crippen LogP contribution in [0.15, 0.2) is 28.1 Å². The molecule has 1 amide bonds. The summed E-state index contributed by atoms with van der Waals surface area (Å²) < 4.78 is 5.42. The number of amidine groups is 1. The second kappa shape index (κ2) is 8.25. The van der Waals surface area contributed by atoms with Crippen molar-refractivity contribution in [3.63, 3.8) is 0 Å². The van der Waals surface area contributed by atoms with E-state index in [9.17, 15) is 9.90 Å². The van der Waals surface area contributed by atoms with Crippen LogP contribution in [0, 0.1) is 0 Å². The van der Waals surface area contributed by atoms with Crippen molar-refractivity contribution >= 4 is 40.5 Å². The van der Waals surface area contributed by atoms with Crippen LogP contribution in [0.2, 0.25) is 5.02 Å². The van der Waals surface area contributed by atoms with Crippen molar-refractivity contribution in [1.82, 2.24) is 4.90 Å². The molecule has 0 unspecified atom stereocenters. The first-order chi connectivity index (χ1) is 12.1. The van der Waals surface area contributed by atoms with Gasteiger partial charge in [0.1, 0.15) is 5.75 Å². The minimum Gasteiger partial charge on any atom is -0.506 e. The van der Waals surface area contributed by atoms with E-state index in [4.69, 9.17) is 16.3 Å². The number of hydrogen-bond acceptors (Lipinski definition) is 5. The van der Waals surface area contributed by atoms with Crippen LogP contribution in [-0.2, 0) is 9.53 Å². The van der Waals surface area contributed by atoms with Gasteiger partial charge in [0.25, 0.3) is 5.91 Å². The van der Waals surface area contributed by atoms with Crippen LogP contribution in [0.3, 0.4) is 0 Å². The maximum atomic E-state index is 13.0. The Morgan fingerprint density at radius 1 is 1.44 bits per heavy atom. The first kappa shape index (κ1) is 18.3. The number of rotatable bonds is 4. The molecule has 1 aromatic carbocycles. The number of thioether (sulfide) groups is 1. The Bertz CT molecular complexity index is 714. The zero-order valence-corrected chi connectivity index (χ0v) is 15.6. The molecule has 7 heteroatoms. The summed E-state index contributed by atoms with van der Waals surface area (Å²) in [6.07, 6.45) is 4.40. The molecule has 0 aromatic heterocycles. The number of phenolic OH excluding ortho intramolecular Hbond substituents is 1. The summed E-state index contributed by atoms with van der Waals surface area (Å²) in [5, 5.41) is 10.6. The van der Waals surface area contributed by atoms with E-state index in [1.807, 2.05) is 4.90 Å². The first-order valence-corrected chi connectivity index (χ1v) is 9.63. The molecule has 2 aliphatic rings.